The van der Waals surface area contributed by atoms with Crippen LogP contribution in [0.15, 0.2) is 40.8 Å². The van der Waals surface area contributed by atoms with Crippen molar-refractivity contribution >= 4 is 46.2 Å². The van der Waals surface area contributed by atoms with Gasteiger partial charge >= 0.3 is 11.9 Å². The van der Waals surface area contributed by atoms with Crippen LogP contribution >= 0.6 is 23.2 Å². The summed E-state index contributed by atoms with van der Waals surface area (Å²) < 4.78 is 16.1. The van der Waals surface area contributed by atoms with Crippen molar-refractivity contribution in [1.29, 1.82) is 0 Å². The number of carbonyl (C=O) groups excluding carboxylic acids is 2. The maximum absolute atomic E-state index is 12.3. The van der Waals surface area contributed by atoms with Crippen molar-refractivity contribution in [2.45, 2.75) is 20.8 Å². The van der Waals surface area contributed by atoms with E-state index < -0.39 is 5.97 Å². The van der Waals surface area contributed by atoms with Gasteiger partial charge in [0.1, 0.15) is 18.7 Å². The largest absolute Gasteiger partial charge is 0.462 e. The van der Waals surface area contributed by atoms with Gasteiger partial charge < -0.3 is 13.9 Å². The van der Waals surface area contributed by atoms with Crippen LogP contribution in [0.2, 0.25) is 10.0 Å². The summed E-state index contributed by atoms with van der Waals surface area (Å²) in [7, 11) is 0. The van der Waals surface area contributed by atoms with E-state index >= 15 is 0 Å². The highest BCUT2D eigenvalue weighted by molar-refractivity contribution is 6.35. The van der Waals surface area contributed by atoms with Crippen LogP contribution in [0.4, 0.5) is 0 Å². The average molecular weight is 450 g/mol. The molecule has 0 bridgehead atoms. The van der Waals surface area contributed by atoms with Crippen LogP contribution < -0.4 is 0 Å². The molecule has 1 aromatic heterocycles. The molecule has 6 nitrogen and oxygen atoms in total. The van der Waals surface area contributed by atoms with Crippen molar-refractivity contribution in [3.63, 3.8) is 0 Å². The minimum absolute atomic E-state index is 0.00581. The van der Waals surface area contributed by atoms with Crippen LogP contribution in [0.3, 0.4) is 0 Å². The maximum atomic E-state index is 12.3. The molecule has 1 heterocycles. The van der Waals surface area contributed by atoms with Gasteiger partial charge in [-0.15, -0.1) is 0 Å². The number of aromatic nitrogens is 1. The molecule has 0 saturated carbocycles. The molecule has 0 spiro atoms. The fourth-order valence-electron chi connectivity index (χ4n) is 2.62. The number of rotatable bonds is 7. The van der Waals surface area contributed by atoms with Crippen LogP contribution in [-0.2, 0) is 14.3 Å². The number of nitrogens with zero attached hydrogens (tertiary/aromatic N) is 1. The van der Waals surface area contributed by atoms with E-state index in [1.807, 2.05) is 13.8 Å². The van der Waals surface area contributed by atoms with Crippen molar-refractivity contribution in [2.24, 2.45) is 11.8 Å². The summed E-state index contributed by atoms with van der Waals surface area (Å²) in [5.41, 5.74) is 1.93. The molecule has 0 amide bonds. The standard InChI is InChI=1S/C22H21Cl2NO5/c1-12(2)13(3)21(26)28-6-7-29-22(27)14-4-5-18-19(10-14)30-20(25-18)15-8-16(23)11-17(24)9-15/h4-5,8-13H,6-7H2,1-3H3/t13-/m0/s1. The van der Waals surface area contributed by atoms with Gasteiger partial charge in [0.2, 0.25) is 5.89 Å². The zero-order chi connectivity index (χ0) is 21.8. The monoisotopic (exact) mass is 449 g/mol. The molecule has 3 aromatic rings. The first-order valence-electron chi connectivity index (χ1n) is 9.45. The summed E-state index contributed by atoms with van der Waals surface area (Å²) in [5, 5.41) is 0.931. The lowest BCUT2D eigenvalue weighted by Gasteiger charge is -2.14. The number of carbonyl (C=O) groups is 2. The van der Waals surface area contributed by atoms with Gasteiger partial charge in [-0.05, 0) is 42.3 Å². The molecule has 0 radical (unpaired) electrons. The number of benzene rings is 2. The average Bonchev–Trinajstić information content (AvgIpc) is 3.12. The van der Waals surface area contributed by atoms with Crippen LogP contribution in [0.1, 0.15) is 31.1 Å². The summed E-state index contributed by atoms with van der Waals surface area (Å²) in [6.45, 7) is 5.66. The molecule has 0 fully saturated rings. The van der Waals surface area contributed by atoms with Gasteiger partial charge in [0, 0.05) is 15.6 Å². The smallest absolute Gasteiger partial charge is 0.338 e. The van der Waals surface area contributed by atoms with Crippen LogP contribution in [0.5, 0.6) is 0 Å². The molecule has 0 aliphatic rings. The minimum atomic E-state index is -0.548. The Bertz CT molecular complexity index is 1060. The first-order chi connectivity index (χ1) is 14.2. The van der Waals surface area contributed by atoms with Crippen molar-refractivity contribution in [3.8, 4) is 11.5 Å². The van der Waals surface area contributed by atoms with Gasteiger partial charge in [0.15, 0.2) is 5.58 Å². The molecule has 0 aliphatic heterocycles. The third-order valence-corrected chi connectivity index (χ3v) is 5.10. The van der Waals surface area contributed by atoms with E-state index in [4.69, 9.17) is 37.1 Å². The van der Waals surface area contributed by atoms with E-state index in [1.165, 1.54) is 0 Å². The number of hydrogen-bond donors (Lipinski definition) is 0. The quantitative estimate of drug-likeness (QED) is 0.335. The van der Waals surface area contributed by atoms with Crippen molar-refractivity contribution < 1.29 is 23.5 Å². The lowest BCUT2D eigenvalue weighted by molar-refractivity contribution is -0.150. The number of hydrogen-bond acceptors (Lipinski definition) is 6. The first-order valence-corrected chi connectivity index (χ1v) is 10.2. The second kappa shape index (κ2) is 9.49. The molecule has 0 aliphatic carbocycles. The van der Waals surface area contributed by atoms with Gasteiger partial charge in [-0.3, -0.25) is 4.79 Å². The molecule has 2 aromatic carbocycles. The van der Waals surface area contributed by atoms with Gasteiger partial charge in [-0.1, -0.05) is 44.0 Å². The lowest BCUT2D eigenvalue weighted by Crippen LogP contribution is -2.22. The van der Waals surface area contributed by atoms with E-state index in [0.29, 0.717) is 38.2 Å². The fraction of sp³-hybridized carbons (Fsp3) is 0.318. The van der Waals surface area contributed by atoms with Gasteiger partial charge in [-0.25, -0.2) is 9.78 Å². The van der Waals surface area contributed by atoms with E-state index in [-0.39, 0.29) is 31.0 Å². The highest BCUT2D eigenvalue weighted by Crippen LogP contribution is 2.29. The zero-order valence-electron chi connectivity index (χ0n) is 16.8. The summed E-state index contributed by atoms with van der Waals surface area (Å²) in [4.78, 5) is 28.5. The summed E-state index contributed by atoms with van der Waals surface area (Å²) in [5.74, 6) is -0.544. The Morgan fingerprint density at radius 3 is 2.33 bits per heavy atom. The third kappa shape index (κ3) is 5.32. The highest BCUT2D eigenvalue weighted by atomic mass is 35.5. The summed E-state index contributed by atoms with van der Waals surface area (Å²) in [6.07, 6.45) is 0. The molecule has 1 atom stereocenters. The Morgan fingerprint density at radius 2 is 1.67 bits per heavy atom. The Morgan fingerprint density at radius 1 is 1.00 bits per heavy atom. The van der Waals surface area contributed by atoms with E-state index in [1.54, 1.807) is 43.3 Å². The Balaban J connectivity index is 1.64. The van der Waals surface area contributed by atoms with Crippen LogP contribution in [0.25, 0.3) is 22.6 Å². The second-order valence-corrected chi connectivity index (χ2v) is 8.07. The van der Waals surface area contributed by atoms with Gasteiger partial charge in [0.25, 0.3) is 0 Å². The Hall–Kier alpha value is -2.57. The van der Waals surface area contributed by atoms with E-state index in [2.05, 4.69) is 4.98 Å². The number of halogens is 2. The summed E-state index contributed by atoms with van der Waals surface area (Å²) in [6, 6.07) is 9.80. The summed E-state index contributed by atoms with van der Waals surface area (Å²) >= 11 is 12.1. The topological polar surface area (TPSA) is 78.6 Å². The predicted octanol–water partition coefficient (Wildman–Crippen LogP) is 5.79. The molecule has 0 saturated heterocycles. The van der Waals surface area contributed by atoms with Crippen LogP contribution in [0, 0.1) is 11.8 Å². The number of esters is 2. The second-order valence-electron chi connectivity index (χ2n) is 7.20. The van der Waals surface area contributed by atoms with E-state index in [0.717, 1.165) is 0 Å². The molecule has 0 N–H and O–H groups in total. The zero-order valence-corrected chi connectivity index (χ0v) is 18.3. The number of fused-ring (bicyclic) bond motifs is 1. The number of oxazole rings is 1. The minimum Gasteiger partial charge on any atom is -0.462 e. The third-order valence-electron chi connectivity index (χ3n) is 4.67. The van der Waals surface area contributed by atoms with Gasteiger partial charge in [0.05, 0.1) is 11.5 Å². The molecular formula is C22H21Cl2NO5. The normalized spacial score (nSPS) is 12.2. The molecule has 30 heavy (non-hydrogen) atoms. The Labute approximate surface area is 184 Å². The number of ether oxygens (including phenoxy) is 2. The van der Waals surface area contributed by atoms with E-state index in [9.17, 15) is 9.59 Å². The molecule has 3 rings (SSSR count). The maximum Gasteiger partial charge on any atom is 0.338 e. The predicted molar refractivity (Wildman–Crippen MR) is 115 cm³/mol. The Kier molecular flexibility index (Phi) is 7.00. The fourth-order valence-corrected chi connectivity index (χ4v) is 3.14. The highest BCUT2D eigenvalue weighted by Gasteiger charge is 2.18. The first kappa shape index (κ1) is 22.1. The van der Waals surface area contributed by atoms with Gasteiger partial charge in [-0.2, -0.15) is 0 Å². The molecule has 0 unspecified atom stereocenters. The molecular weight excluding hydrogens is 429 g/mol. The van der Waals surface area contributed by atoms with Crippen molar-refractivity contribution in [2.75, 3.05) is 13.2 Å². The van der Waals surface area contributed by atoms with Crippen molar-refractivity contribution in [1.82, 2.24) is 4.98 Å². The SMILES string of the molecule is CC(C)[C@H](C)C(=O)OCCOC(=O)c1ccc2nc(-c3cc(Cl)cc(Cl)c3)oc2c1. The van der Waals surface area contributed by atoms with Crippen LogP contribution in [-0.4, -0.2) is 30.1 Å². The molecule has 158 valence electrons. The van der Waals surface area contributed by atoms with Crippen molar-refractivity contribution in [3.05, 3.63) is 52.0 Å². The lowest BCUT2D eigenvalue weighted by atomic mass is 9.99. The molecule has 8 heteroatoms.